The predicted molar refractivity (Wildman–Crippen MR) is 95.4 cm³/mol. The first-order valence-corrected chi connectivity index (χ1v) is 8.05. The van der Waals surface area contributed by atoms with Crippen LogP contribution in [0.25, 0.3) is 0 Å². The Morgan fingerprint density at radius 3 is 2.14 bits per heavy atom. The van der Waals surface area contributed by atoms with E-state index in [1.807, 2.05) is 0 Å². The first-order chi connectivity index (χ1) is 13.1. The van der Waals surface area contributed by atoms with E-state index in [9.17, 15) is 22.8 Å². The Labute approximate surface area is 162 Å². The maximum atomic E-state index is 12.9. The maximum absolute atomic E-state index is 12.9. The summed E-state index contributed by atoms with van der Waals surface area (Å²) in [4.78, 5) is 24.2. The van der Waals surface area contributed by atoms with Gasteiger partial charge in [-0.25, -0.2) is 0 Å². The molecule has 0 aliphatic heterocycles. The lowest BCUT2D eigenvalue weighted by Crippen LogP contribution is -2.29. The average Bonchev–Trinajstić information content (AvgIpc) is 2.63. The molecule has 2 rings (SSSR count). The molecule has 0 radical (unpaired) electrons. The lowest BCUT2D eigenvalue weighted by atomic mass is 10.2. The highest BCUT2D eigenvalue weighted by Gasteiger charge is 2.32. The summed E-state index contributed by atoms with van der Waals surface area (Å²) in [7, 11) is 4.17. The average molecular weight is 421 g/mol. The molecule has 0 aliphatic rings. The number of aromatic nitrogens is 1. The summed E-state index contributed by atoms with van der Waals surface area (Å²) in [6.07, 6.45) is -4.19. The first-order valence-electron chi connectivity index (χ1n) is 7.67. The molecular formula is C17H16ClF3N2O5. The van der Waals surface area contributed by atoms with Gasteiger partial charge in [-0.1, -0.05) is 11.6 Å². The zero-order valence-electron chi connectivity index (χ0n) is 15.0. The second-order valence-electron chi connectivity index (χ2n) is 5.47. The van der Waals surface area contributed by atoms with Gasteiger partial charge in [-0.3, -0.25) is 9.59 Å². The number of benzene rings is 1. The van der Waals surface area contributed by atoms with E-state index in [2.05, 4.69) is 5.32 Å². The van der Waals surface area contributed by atoms with Crippen molar-refractivity contribution >= 4 is 23.2 Å². The summed E-state index contributed by atoms with van der Waals surface area (Å²) in [6, 6.07) is 3.37. The number of amides is 1. The van der Waals surface area contributed by atoms with Crippen LogP contribution in [0.15, 0.2) is 29.2 Å². The van der Waals surface area contributed by atoms with Gasteiger partial charge in [-0.15, -0.1) is 0 Å². The number of hydrogen-bond acceptors (Lipinski definition) is 5. The van der Waals surface area contributed by atoms with Crippen LogP contribution in [0.2, 0.25) is 5.02 Å². The van der Waals surface area contributed by atoms with Gasteiger partial charge in [0.1, 0.15) is 11.6 Å². The summed E-state index contributed by atoms with van der Waals surface area (Å²) in [5.74, 6) is 0.0588. The molecule has 0 bridgehead atoms. The molecule has 0 unspecified atom stereocenters. The third kappa shape index (κ3) is 4.69. The SMILES string of the molecule is COc1cc(NC(=O)Cn2cc(C(F)(F)F)cc(Cl)c2=O)cc(OC)c1OC. The van der Waals surface area contributed by atoms with Crippen LogP contribution in [-0.2, 0) is 17.5 Å². The molecule has 1 amide bonds. The molecule has 2 aromatic rings. The van der Waals surface area contributed by atoms with Crippen molar-refractivity contribution < 1.29 is 32.2 Å². The molecule has 28 heavy (non-hydrogen) atoms. The van der Waals surface area contributed by atoms with Crippen molar-refractivity contribution in [1.29, 1.82) is 0 Å². The Hall–Kier alpha value is -2.88. The molecular weight excluding hydrogens is 405 g/mol. The zero-order chi connectivity index (χ0) is 21.1. The number of alkyl halides is 3. The van der Waals surface area contributed by atoms with Gasteiger partial charge in [0, 0.05) is 24.0 Å². The van der Waals surface area contributed by atoms with E-state index in [-0.39, 0.29) is 17.2 Å². The van der Waals surface area contributed by atoms with Crippen LogP contribution in [0, 0.1) is 0 Å². The highest BCUT2D eigenvalue weighted by atomic mass is 35.5. The second-order valence-corrected chi connectivity index (χ2v) is 5.88. The third-order valence-electron chi connectivity index (χ3n) is 3.63. The molecule has 0 saturated heterocycles. The van der Waals surface area contributed by atoms with Crippen LogP contribution in [-0.4, -0.2) is 31.8 Å². The topological polar surface area (TPSA) is 78.8 Å². The lowest BCUT2D eigenvalue weighted by Gasteiger charge is -2.15. The number of rotatable bonds is 6. The number of hydrogen-bond donors (Lipinski definition) is 1. The van der Waals surface area contributed by atoms with Crippen LogP contribution in [0.5, 0.6) is 17.2 Å². The summed E-state index contributed by atoms with van der Waals surface area (Å²) in [6.45, 7) is -0.681. The standard InChI is InChI=1S/C17H16ClF3N2O5/c1-26-12-5-10(6-13(27-2)15(12)28-3)22-14(24)8-23-7-9(17(19,20)21)4-11(18)16(23)25/h4-7H,8H2,1-3H3,(H,22,24). The zero-order valence-corrected chi connectivity index (χ0v) is 15.8. The number of nitrogens with zero attached hydrogens (tertiary/aromatic N) is 1. The third-order valence-corrected chi connectivity index (χ3v) is 3.90. The van der Waals surface area contributed by atoms with Crippen molar-refractivity contribution in [1.82, 2.24) is 4.57 Å². The molecule has 7 nitrogen and oxygen atoms in total. The fourth-order valence-electron chi connectivity index (χ4n) is 2.38. The minimum absolute atomic E-state index is 0.227. The Morgan fingerprint density at radius 2 is 1.68 bits per heavy atom. The van der Waals surface area contributed by atoms with E-state index in [1.54, 1.807) is 0 Å². The van der Waals surface area contributed by atoms with Crippen molar-refractivity contribution in [3.05, 3.63) is 45.3 Å². The summed E-state index contributed by atoms with van der Waals surface area (Å²) in [5.41, 5.74) is -1.84. The molecule has 1 aromatic heterocycles. The molecule has 0 saturated carbocycles. The fraction of sp³-hybridized carbons (Fsp3) is 0.294. The molecule has 11 heteroatoms. The molecule has 1 heterocycles. The van der Waals surface area contributed by atoms with Crippen LogP contribution in [0.4, 0.5) is 18.9 Å². The van der Waals surface area contributed by atoms with Gasteiger partial charge in [-0.05, 0) is 6.07 Å². The predicted octanol–water partition coefficient (Wildman–Crippen LogP) is 3.19. The van der Waals surface area contributed by atoms with Crippen molar-refractivity contribution in [3.63, 3.8) is 0 Å². The van der Waals surface area contributed by atoms with Gasteiger partial charge in [0.2, 0.25) is 11.7 Å². The van der Waals surface area contributed by atoms with Gasteiger partial charge in [-0.2, -0.15) is 13.2 Å². The molecule has 1 N–H and O–H groups in total. The monoisotopic (exact) mass is 420 g/mol. The van der Waals surface area contributed by atoms with Crippen molar-refractivity contribution in [3.8, 4) is 17.2 Å². The van der Waals surface area contributed by atoms with E-state index < -0.39 is 34.8 Å². The smallest absolute Gasteiger partial charge is 0.417 e. The quantitative estimate of drug-likeness (QED) is 0.776. The van der Waals surface area contributed by atoms with Gasteiger partial charge in [0.15, 0.2) is 11.5 Å². The number of ether oxygens (including phenoxy) is 3. The van der Waals surface area contributed by atoms with E-state index >= 15 is 0 Å². The number of carbonyl (C=O) groups excluding carboxylic acids is 1. The number of pyridine rings is 1. The Bertz CT molecular complexity index is 918. The first kappa shape index (κ1) is 21.4. The van der Waals surface area contributed by atoms with Crippen molar-refractivity contribution in [2.24, 2.45) is 0 Å². The normalized spacial score (nSPS) is 11.1. The maximum Gasteiger partial charge on any atom is 0.417 e. The van der Waals surface area contributed by atoms with Crippen LogP contribution in [0.1, 0.15) is 5.56 Å². The fourth-order valence-corrected chi connectivity index (χ4v) is 2.61. The Morgan fingerprint density at radius 1 is 1.11 bits per heavy atom. The minimum Gasteiger partial charge on any atom is -0.493 e. The van der Waals surface area contributed by atoms with E-state index in [1.165, 1.54) is 33.5 Å². The minimum atomic E-state index is -4.72. The van der Waals surface area contributed by atoms with Crippen LogP contribution < -0.4 is 25.1 Å². The van der Waals surface area contributed by atoms with E-state index in [0.717, 1.165) is 0 Å². The van der Waals surface area contributed by atoms with Gasteiger partial charge >= 0.3 is 6.18 Å². The molecule has 0 fully saturated rings. The van der Waals surface area contributed by atoms with Crippen LogP contribution in [0.3, 0.4) is 0 Å². The van der Waals surface area contributed by atoms with Gasteiger partial charge < -0.3 is 24.1 Å². The Balaban J connectivity index is 2.30. The molecule has 0 spiro atoms. The summed E-state index contributed by atoms with van der Waals surface area (Å²) < 4.78 is 54.7. The highest BCUT2D eigenvalue weighted by Crippen LogP contribution is 2.39. The number of methoxy groups -OCH3 is 3. The summed E-state index contributed by atoms with van der Waals surface area (Å²) >= 11 is 5.57. The largest absolute Gasteiger partial charge is 0.493 e. The number of halogens is 4. The highest BCUT2D eigenvalue weighted by molar-refractivity contribution is 6.30. The number of nitrogens with one attached hydrogen (secondary N) is 1. The lowest BCUT2D eigenvalue weighted by molar-refractivity contribution is -0.138. The van der Waals surface area contributed by atoms with Crippen molar-refractivity contribution in [2.75, 3.05) is 26.6 Å². The number of carbonyl (C=O) groups is 1. The van der Waals surface area contributed by atoms with E-state index in [4.69, 9.17) is 25.8 Å². The van der Waals surface area contributed by atoms with Gasteiger partial charge in [0.25, 0.3) is 5.56 Å². The molecule has 0 aliphatic carbocycles. The Kier molecular flexibility index (Phi) is 6.45. The molecule has 0 atom stereocenters. The van der Waals surface area contributed by atoms with Crippen LogP contribution >= 0.6 is 11.6 Å². The second kappa shape index (κ2) is 8.42. The van der Waals surface area contributed by atoms with Crippen molar-refractivity contribution in [2.45, 2.75) is 12.7 Å². The van der Waals surface area contributed by atoms with E-state index in [0.29, 0.717) is 22.6 Å². The molecule has 1 aromatic carbocycles. The molecule has 152 valence electrons. The van der Waals surface area contributed by atoms with Gasteiger partial charge in [0.05, 0.1) is 26.9 Å². The number of anilines is 1. The summed E-state index contributed by atoms with van der Waals surface area (Å²) in [5, 5.41) is 1.81.